The standard InChI is InChI=1S/C94H148N24O27/c1-11-49(6)73(89(140)118-75(52(9)121)91(142)113-68(46-119)87(138)107-62(93(144)145)28-19-21-39-96)115-86(137)66(43-55-25-16-13-17-26-55)111-84(135)65(44-56-30-32-57(123)33-31-56)110-85(136)67(45-70(99)125)112-90(141)74(51(8)120)117-88(139)72(48(4)5)114-92(143)76(53(10)122)116-81(132)60(34-36-69(98)124)105-82(133)63(41-47(2)3)108-79(130)59(29-22-40-102-94(100)101)104-80(131)61(35-37-71(126)127)106-83(134)64(42-54-23-14-12-15-24-54)109-78(129)58(27-18-20-38-95)103-77(128)50(7)97/h12-17,23-26,30-33,47-53,58-68,72-76,119-123H,11,18-22,27-29,34-46,95-97H2,1-10H3,(H2,98,124)(H2,99,125)(H,103,128)(H,104,131)(H,105,133)(H,106,134)(H,107,138)(H,108,130)(H,109,129)(H,110,136)(H,111,135)(H,112,141)(H,113,142)(H,114,143)(H,115,137)(H,116,132)(H,117,139)(H,118,140)(H,126,127)(H,144,145)(H4,100,101,102)/t49-,50-,51+,52+,53+,58-,59-,60-,61-,62-,63-,64-,65-,66-,67-,68-,72-,73-,74-,75-,76-/m0/s1. The van der Waals surface area contributed by atoms with Gasteiger partial charge < -0.3 is 161 Å². The van der Waals surface area contributed by atoms with E-state index in [0.29, 0.717) is 36.8 Å². The van der Waals surface area contributed by atoms with Gasteiger partial charge in [0.2, 0.25) is 106 Å². The SMILES string of the molecule is CC[C@H](C)[C@H](NC(=O)[C@H](Cc1ccccc1)NC(=O)[C@H](Cc1ccc(O)cc1)NC(=O)[C@H](CC(N)=O)NC(=O)[C@@H](NC(=O)[C@@H](NC(=O)[C@@H](NC(=O)[C@H](CCC(N)=O)NC(=O)[C@H](CC(C)C)NC(=O)[C@H](CCCNC(=N)N)NC(=O)[C@H](CCC(=O)O)NC(=O)[C@H](Cc1ccccc1)NC(=O)[C@H](CCCCN)NC(=O)[C@H](C)N)[C@@H](C)O)C(C)C)[C@@H](C)O)C(=O)N[C@H](C(=O)N[C@@H](CO)C(=O)N[C@@H](CCCCN)C(=O)O)[C@@H](C)O. The predicted molar refractivity (Wildman–Crippen MR) is 524 cm³/mol. The highest BCUT2D eigenvalue weighted by atomic mass is 16.4. The lowest BCUT2D eigenvalue weighted by Crippen LogP contribution is -2.64. The minimum Gasteiger partial charge on any atom is -0.508 e. The number of phenolic OH excluding ortho intramolecular Hbond substituents is 1. The van der Waals surface area contributed by atoms with Crippen molar-refractivity contribution in [2.45, 2.75) is 306 Å². The molecular formula is C94H148N24O27. The van der Waals surface area contributed by atoms with Gasteiger partial charge in [-0.3, -0.25) is 96.5 Å². The number of aliphatic hydroxyl groups excluding tert-OH is 4. The van der Waals surface area contributed by atoms with Gasteiger partial charge in [-0.2, -0.15) is 0 Å². The van der Waals surface area contributed by atoms with Gasteiger partial charge in [0.25, 0.3) is 0 Å². The monoisotopic (exact) mass is 2050 g/mol. The molecule has 0 heterocycles. The predicted octanol–water partition coefficient (Wildman–Crippen LogP) is -7.98. The molecule has 0 spiro atoms. The topological polar surface area (TPSA) is 867 Å². The lowest BCUT2D eigenvalue weighted by molar-refractivity contribution is -0.143. The van der Waals surface area contributed by atoms with Gasteiger partial charge in [-0.1, -0.05) is 121 Å². The maximum atomic E-state index is 15.0. The Morgan fingerprint density at radius 3 is 1.06 bits per heavy atom. The van der Waals surface area contributed by atoms with Crippen LogP contribution >= 0.6 is 0 Å². The third-order valence-electron chi connectivity index (χ3n) is 23.0. The van der Waals surface area contributed by atoms with E-state index in [1.807, 2.05) is 0 Å². The number of carbonyl (C=O) groups is 20. The number of nitrogens with one attached hydrogen (secondary N) is 18. The van der Waals surface area contributed by atoms with Gasteiger partial charge in [-0.05, 0) is 158 Å². The summed E-state index contributed by atoms with van der Waals surface area (Å²) in [4.78, 5) is 279. The second kappa shape index (κ2) is 64.5. The molecule has 51 nitrogen and oxygen atoms in total. The second-order valence-electron chi connectivity index (χ2n) is 36.3. The van der Waals surface area contributed by atoms with E-state index in [0.717, 1.165) is 20.8 Å². The van der Waals surface area contributed by atoms with Gasteiger partial charge in [0.15, 0.2) is 5.96 Å². The molecule has 0 bridgehead atoms. The number of carboxylic acid groups (broad SMARTS) is 2. The van der Waals surface area contributed by atoms with E-state index < -0.39 is 308 Å². The maximum Gasteiger partial charge on any atom is 0.326 e. The Balaban J connectivity index is 2.01. The first-order chi connectivity index (χ1) is 68.3. The molecule has 0 fully saturated rings. The number of aliphatic hydroxyl groups is 4. The number of carbonyl (C=O) groups excluding carboxylic acids is 18. The van der Waals surface area contributed by atoms with Crippen molar-refractivity contribution in [3.05, 3.63) is 102 Å². The Bertz CT molecular complexity index is 4810. The van der Waals surface area contributed by atoms with E-state index in [1.165, 1.54) is 52.0 Å². The van der Waals surface area contributed by atoms with Gasteiger partial charge in [-0.15, -0.1) is 0 Å². The fourth-order valence-corrected chi connectivity index (χ4v) is 14.6. The number of carboxylic acids is 2. The average Bonchev–Trinajstić information content (AvgIpc) is 0.835. The van der Waals surface area contributed by atoms with Crippen LogP contribution in [0.1, 0.15) is 182 Å². The molecule has 0 aliphatic heterocycles. The van der Waals surface area contributed by atoms with E-state index in [-0.39, 0.29) is 82.3 Å². The number of amides is 18. The summed E-state index contributed by atoms with van der Waals surface area (Å²) in [5.74, 6) is -26.2. The fraction of sp³-hybridized carbons (Fsp3) is 0.585. The maximum absolute atomic E-state index is 15.0. The molecule has 0 saturated heterocycles. The van der Waals surface area contributed by atoms with Crippen molar-refractivity contribution in [1.29, 1.82) is 5.41 Å². The number of unbranched alkanes of at least 4 members (excludes halogenated alkanes) is 2. The molecule has 145 heavy (non-hydrogen) atoms. The van der Waals surface area contributed by atoms with Crippen LogP contribution < -0.4 is 125 Å². The van der Waals surface area contributed by atoms with Crippen molar-refractivity contribution in [3.8, 4) is 5.75 Å². The van der Waals surface area contributed by atoms with Crippen LogP contribution in [-0.4, -0.2) is 307 Å². The van der Waals surface area contributed by atoms with Crippen LogP contribution in [-0.2, 0) is 115 Å². The van der Waals surface area contributed by atoms with Crippen molar-refractivity contribution in [1.82, 2.24) is 90.4 Å². The van der Waals surface area contributed by atoms with E-state index in [9.17, 15) is 127 Å². The Labute approximate surface area is 839 Å². The number of aliphatic carboxylic acids is 2. The minimum absolute atomic E-state index is 0.0464. The van der Waals surface area contributed by atoms with E-state index in [2.05, 4.69) is 90.4 Å². The first-order valence-corrected chi connectivity index (χ1v) is 47.9. The van der Waals surface area contributed by atoms with Gasteiger partial charge in [0.05, 0.1) is 37.4 Å². The van der Waals surface area contributed by atoms with E-state index in [4.69, 9.17) is 39.8 Å². The number of hydrogen-bond acceptors (Lipinski definition) is 29. The normalized spacial score (nSPS) is 15.6. The summed E-state index contributed by atoms with van der Waals surface area (Å²) < 4.78 is 0. The molecule has 0 unspecified atom stereocenters. The molecular weight excluding hydrogens is 1900 g/mol. The van der Waals surface area contributed by atoms with Crippen LogP contribution in [0.3, 0.4) is 0 Å². The molecule has 0 aromatic heterocycles. The molecule has 21 atom stereocenters. The first kappa shape index (κ1) is 125. The van der Waals surface area contributed by atoms with Crippen LogP contribution in [0.2, 0.25) is 0 Å². The molecule has 51 heteroatoms. The number of guanidine groups is 1. The number of rotatable bonds is 68. The van der Waals surface area contributed by atoms with Crippen molar-refractivity contribution in [3.63, 3.8) is 0 Å². The number of benzene rings is 3. The molecule has 0 aliphatic rings. The molecule has 0 radical (unpaired) electrons. The van der Waals surface area contributed by atoms with E-state index >= 15 is 4.79 Å². The van der Waals surface area contributed by atoms with Crippen LogP contribution in [0.15, 0.2) is 84.9 Å². The summed E-state index contributed by atoms with van der Waals surface area (Å²) in [5.41, 5.74) is 34.9. The zero-order valence-electron chi connectivity index (χ0n) is 83.2. The lowest BCUT2D eigenvalue weighted by atomic mass is 9.96. The molecule has 0 saturated carbocycles. The molecule has 18 amide bonds. The third kappa shape index (κ3) is 46.0. The highest BCUT2D eigenvalue weighted by Gasteiger charge is 2.43. The quantitative estimate of drug-likeness (QED) is 0.0142. The fourth-order valence-electron chi connectivity index (χ4n) is 14.6. The Morgan fingerprint density at radius 2 is 0.662 bits per heavy atom. The molecule has 3 aromatic rings. The Morgan fingerprint density at radius 1 is 0.345 bits per heavy atom. The Kier molecular flexibility index (Phi) is 55.6. The molecule has 37 N–H and O–H groups in total. The van der Waals surface area contributed by atoms with Crippen LogP contribution in [0.4, 0.5) is 0 Å². The van der Waals surface area contributed by atoms with Crippen molar-refractivity contribution >= 4 is 124 Å². The smallest absolute Gasteiger partial charge is 0.326 e. The van der Waals surface area contributed by atoms with Gasteiger partial charge in [0.1, 0.15) is 102 Å². The van der Waals surface area contributed by atoms with Crippen LogP contribution in [0, 0.1) is 23.2 Å². The van der Waals surface area contributed by atoms with Crippen molar-refractivity contribution in [2.24, 2.45) is 52.2 Å². The Hall–Kier alpha value is -14.1. The molecule has 3 rings (SSSR count). The first-order valence-electron chi connectivity index (χ1n) is 47.9. The van der Waals surface area contributed by atoms with Crippen LogP contribution in [0.5, 0.6) is 5.75 Å². The zero-order chi connectivity index (χ0) is 109. The second-order valence-corrected chi connectivity index (χ2v) is 36.3. The number of aromatic hydroxyl groups is 1. The lowest BCUT2D eigenvalue weighted by Gasteiger charge is -2.31. The zero-order valence-corrected chi connectivity index (χ0v) is 83.2. The third-order valence-corrected chi connectivity index (χ3v) is 23.0. The number of nitrogens with two attached hydrogens (primary N) is 6. The highest BCUT2D eigenvalue weighted by Crippen LogP contribution is 2.19. The van der Waals surface area contributed by atoms with Gasteiger partial charge in [-0.25, -0.2) is 4.79 Å². The molecule has 0 aliphatic carbocycles. The van der Waals surface area contributed by atoms with Gasteiger partial charge in [0, 0.05) is 38.6 Å². The minimum atomic E-state index is -2.12. The average molecular weight is 2050 g/mol. The number of hydrogen-bond donors (Lipinski definition) is 31. The summed E-state index contributed by atoms with van der Waals surface area (Å²) >= 11 is 0. The van der Waals surface area contributed by atoms with E-state index in [1.54, 1.807) is 81.4 Å². The summed E-state index contributed by atoms with van der Waals surface area (Å²) in [6.07, 6.45) is -9.13. The van der Waals surface area contributed by atoms with Gasteiger partial charge >= 0.3 is 11.9 Å². The summed E-state index contributed by atoms with van der Waals surface area (Å²) in [7, 11) is 0. The summed E-state index contributed by atoms with van der Waals surface area (Å²) in [5, 5.41) is 122. The number of phenols is 1. The number of primary amides is 2. The van der Waals surface area contributed by atoms with Crippen molar-refractivity contribution < 1.29 is 132 Å². The highest BCUT2D eigenvalue weighted by molar-refractivity contribution is 6.02. The molecule has 806 valence electrons. The summed E-state index contributed by atoms with van der Waals surface area (Å²) in [6, 6.07) is -7.61. The summed E-state index contributed by atoms with van der Waals surface area (Å²) in [6.45, 7) is 13.1. The largest absolute Gasteiger partial charge is 0.508 e. The van der Waals surface area contributed by atoms with Crippen molar-refractivity contribution in [2.75, 3.05) is 26.2 Å². The van der Waals surface area contributed by atoms with Crippen LogP contribution in [0.25, 0.3) is 0 Å². The molecule has 3 aromatic carbocycles.